The summed E-state index contributed by atoms with van der Waals surface area (Å²) in [7, 11) is 0. The summed E-state index contributed by atoms with van der Waals surface area (Å²) in [5.74, 6) is 1.97. The van der Waals surface area contributed by atoms with Gasteiger partial charge in [0.05, 0.1) is 5.60 Å². The average Bonchev–Trinajstić information content (AvgIpc) is 2.68. The van der Waals surface area contributed by atoms with E-state index in [1.165, 1.54) is 11.3 Å². The third-order valence-corrected chi connectivity index (χ3v) is 6.09. The Morgan fingerprint density at radius 1 is 1.00 bits per heavy atom. The first kappa shape index (κ1) is 19.0. The van der Waals surface area contributed by atoms with E-state index in [-0.39, 0.29) is 0 Å². The first-order chi connectivity index (χ1) is 13.4. The Labute approximate surface area is 167 Å². The molecule has 4 rings (SSSR count). The first-order valence-electron chi connectivity index (χ1n) is 10.3. The zero-order valence-electron chi connectivity index (χ0n) is 17.2. The van der Waals surface area contributed by atoms with E-state index in [1.54, 1.807) is 6.33 Å². The van der Waals surface area contributed by atoms with E-state index in [4.69, 9.17) is 0 Å². The molecular formula is C22H31N5O. The van der Waals surface area contributed by atoms with Gasteiger partial charge in [-0.15, -0.1) is 0 Å². The van der Waals surface area contributed by atoms with Crippen LogP contribution in [0.4, 0.5) is 17.3 Å². The van der Waals surface area contributed by atoms with Gasteiger partial charge in [-0.25, -0.2) is 9.97 Å². The van der Waals surface area contributed by atoms with Crippen LogP contribution in [0.3, 0.4) is 0 Å². The molecule has 1 N–H and O–H groups in total. The maximum absolute atomic E-state index is 10.2. The summed E-state index contributed by atoms with van der Waals surface area (Å²) >= 11 is 0. The highest BCUT2D eigenvalue weighted by Gasteiger charge is 2.29. The number of nitrogens with zero attached hydrogens (tertiary/aromatic N) is 5. The highest BCUT2D eigenvalue weighted by Crippen LogP contribution is 2.28. The van der Waals surface area contributed by atoms with Crippen LogP contribution in [0.5, 0.6) is 0 Å². The van der Waals surface area contributed by atoms with Crippen molar-refractivity contribution >= 4 is 17.3 Å². The molecule has 3 heterocycles. The van der Waals surface area contributed by atoms with Gasteiger partial charge in [0, 0.05) is 50.5 Å². The Morgan fingerprint density at radius 2 is 1.71 bits per heavy atom. The Balaban J connectivity index is 1.44. The minimum Gasteiger partial charge on any atom is -0.390 e. The van der Waals surface area contributed by atoms with Crippen molar-refractivity contribution in [1.29, 1.82) is 0 Å². The number of aryl methyl sites for hydroxylation is 1. The maximum Gasteiger partial charge on any atom is 0.134 e. The second-order valence-electron chi connectivity index (χ2n) is 8.55. The van der Waals surface area contributed by atoms with Crippen LogP contribution in [0.25, 0.3) is 0 Å². The van der Waals surface area contributed by atoms with Crippen molar-refractivity contribution in [1.82, 2.24) is 9.97 Å². The number of piperazine rings is 1. The van der Waals surface area contributed by atoms with Crippen molar-refractivity contribution in [2.75, 3.05) is 47.4 Å². The second-order valence-corrected chi connectivity index (χ2v) is 8.55. The topological polar surface area (TPSA) is 55.7 Å². The van der Waals surface area contributed by atoms with E-state index in [0.717, 1.165) is 57.2 Å². The number of hydrogen-bond acceptors (Lipinski definition) is 6. The van der Waals surface area contributed by atoms with Crippen LogP contribution in [-0.2, 0) is 0 Å². The average molecular weight is 382 g/mol. The van der Waals surface area contributed by atoms with Gasteiger partial charge in [-0.05, 0) is 51.3 Å². The van der Waals surface area contributed by atoms with Crippen LogP contribution in [0.15, 0.2) is 36.7 Å². The number of aromatic nitrogens is 2. The van der Waals surface area contributed by atoms with Gasteiger partial charge < -0.3 is 19.8 Å². The molecule has 2 saturated heterocycles. The molecule has 2 aliphatic rings. The van der Waals surface area contributed by atoms with Gasteiger partial charge in [-0.1, -0.05) is 12.1 Å². The normalized spacial score (nSPS) is 22.4. The Bertz CT molecular complexity index is 814. The summed E-state index contributed by atoms with van der Waals surface area (Å²) in [5.41, 5.74) is 2.05. The number of benzene rings is 1. The SMILES string of the molecule is Cc1cccc(N2CCN(c3cc(N4CCC(C)(O)CC4)ncn3)CC2C)c1. The third-order valence-electron chi connectivity index (χ3n) is 6.09. The first-order valence-corrected chi connectivity index (χ1v) is 10.3. The van der Waals surface area contributed by atoms with Crippen LogP contribution < -0.4 is 14.7 Å². The number of aliphatic hydroxyl groups is 1. The summed E-state index contributed by atoms with van der Waals surface area (Å²) in [6.07, 6.45) is 3.23. The van der Waals surface area contributed by atoms with E-state index in [9.17, 15) is 5.11 Å². The van der Waals surface area contributed by atoms with Gasteiger partial charge in [-0.2, -0.15) is 0 Å². The molecule has 0 amide bonds. The fourth-order valence-electron chi connectivity index (χ4n) is 4.26. The van der Waals surface area contributed by atoms with E-state index < -0.39 is 5.60 Å². The van der Waals surface area contributed by atoms with Crippen molar-refractivity contribution in [2.45, 2.75) is 45.3 Å². The lowest BCUT2D eigenvalue weighted by Gasteiger charge is -2.42. The summed E-state index contributed by atoms with van der Waals surface area (Å²) in [4.78, 5) is 16.2. The predicted octanol–water partition coefficient (Wildman–Crippen LogP) is 2.85. The van der Waals surface area contributed by atoms with Gasteiger partial charge >= 0.3 is 0 Å². The van der Waals surface area contributed by atoms with Crippen molar-refractivity contribution < 1.29 is 5.11 Å². The molecule has 1 aromatic heterocycles. The molecule has 2 aliphatic heterocycles. The van der Waals surface area contributed by atoms with Crippen LogP contribution in [0, 0.1) is 6.92 Å². The van der Waals surface area contributed by atoms with E-state index >= 15 is 0 Å². The molecule has 0 spiro atoms. The van der Waals surface area contributed by atoms with Crippen molar-refractivity contribution in [2.24, 2.45) is 0 Å². The summed E-state index contributed by atoms with van der Waals surface area (Å²) in [6.45, 7) is 10.9. The number of piperidine rings is 1. The van der Waals surface area contributed by atoms with Gasteiger partial charge in [-0.3, -0.25) is 0 Å². The van der Waals surface area contributed by atoms with Crippen LogP contribution >= 0.6 is 0 Å². The Hall–Kier alpha value is -2.34. The smallest absolute Gasteiger partial charge is 0.134 e. The van der Waals surface area contributed by atoms with Crippen LogP contribution in [-0.4, -0.2) is 59.4 Å². The molecule has 0 radical (unpaired) electrons. The summed E-state index contributed by atoms with van der Waals surface area (Å²) < 4.78 is 0. The molecule has 1 unspecified atom stereocenters. The van der Waals surface area contributed by atoms with E-state index in [1.807, 2.05) is 6.92 Å². The molecule has 150 valence electrons. The zero-order chi connectivity index (χ0) is 19.7. The number of anilines is 3. The predicted molar refractivity (Wildman–Crippen MR) is 114 cm³/mol. The van der Waals surface area contributed by atoms with Gasteiger partial charge in [0.25, 0.3) is 0 Å². The summed E-state index contributed by atoms with van der Waals surface area (Å²) in [5, 5.41) is 10.2. The fourth-order valence-corrected chi connectivity index (χ4v) is 4.26. The molecule has 2 fully saturated rings. The van der Waals surface area contributed by atoms with Crippen molar-refractivity contribution in [3.8, 4) is 0 Å². The Kier molecular flexibility index (Phi) is 5.15. The maximum atomic E-state index is 10.2. The highest BCUT2D eigenvalue weighted by molar-refractivity contribution is 5.54. The molecule has 0 aliphatic carbocycles. The number of rotatable bonds is 3. The van der Waals surface area contributed by atoms with E-state index in [2.05, 4.69) is 68.8 Å². The zero-order valence-corrected chi connectivity index (χ0v) is 17.2. The molecule has 0 saturated carbocycles. The molecule has 28 heavy (non-hydrogen) atoms. The quantitative estimate of drug-likeness (QED) is 0.882. The molecule has 0 bridgehead atoms. The standard InChI is InChI=1S/C22H31N5O/c1-17-5-4-6-19(13-17)27-12-11-26(15-18(27)2)21-14-20(23-16-24-21)25-9-7-22(3,28)8-10-25/h4-6,13-14,16,18,28H,7-12,15H2,1-3H3. The molecule has 6 nitrogen and oxygen atoms in total. The molecular weight excluding hydrogens is 350 g/mol. The number of hydrogen-bond donors (Lipinski definition) is 1. The third kappa shape index (κ3) is 4.07. The van der Waals surface area contributed by atoms with Crippen molar-refractivity contribution in [3.63, 3.8) is 0 Å². The Morgan fingerprint density at radius 3 is 2.39 bits per heavy atom. The lowest BCUT2D eigenvalue weighted by Crippen LogP contribution is -2.52. The minimum atomic E-state index is -0.548. The lowest BCUT2D eigenvalue weighted by atomic mass is 9.94. The van der Waals surface area contributed by atoms with Crippen LogP contribution in [0.1, 0.15) is 32.3 Å². The molecule has 6 heteroatoms. The van der Waals surface area contributed by atoms with Gasteiger partial charge in [0.15, 0.2) is 0 Å². The van der Waals surface area contributed by atoms with E-state index in [0.29, 0.717) is 6.04 Å². The highest BCUT2D eigenvalue weighted by atomic mass is 16.3. The summed E-state index contributed by atoms with van der Waals surface area (Å²) in [6, 6.07) is 11.3. The van der Waals surface area contributed by atoms with Crippen LogP contribution in [0.2, 0.25) is 0 Å². The second kappa shape index (κ2) is 7.59. The lowest BCUT2D eigenvalue weighted by molar-refractivity contribution is 0.0350. The van der Waals surface area contributed by atoms with Gasteiger partial charge in [0.1, 0.15) is 18.0 Å². The van der Waals surface area contributed by atoms with Crippen molar-refractivity contribution in [3.05, 3.63) is 42.2 Å². The largest absolute Gasteiger partial charge is 0.390 e. The minimum absolute atomic E-state index is 0.416. The molecule has 1 aromatic carbocycles. The molecule has 2 aromatic rings. The van der Waals surface area contributed by atoms with Gasteiger partial charge in [0.2, 0.25) is 0 Å². The molecule has 1 atom stereocenters. The fraction of sp³-hybridized carbons (Fsp3) is 0.545. The monoisotopic (exact) mass is 381 g/mol.